The summed E-state index contributed by atoms with van der Waals surface area (Å²) in [5.41, 5.74) is 6.38. The fraction of sp³-hybridized carbons (Fsp3) is 0.286. The first-order valence-corrected chi connectivity index (χ1v) is 7.84. The topological polar surface area (TPSA) is 119 Å². The maximum Gasteiger partial charge on any atom is 0.147 e. The second-order valence-electron chi connectivity index (χ2n) is 4.44. The number of halogens is 2. The zero-order valence-corrected chi connectivity index (χ0v) is 15.7. The van der Waals surface area contributed by atoms with Gasteiger partial charge < -0.3 is 35.2 Å². The average molecular weight is 452 g/mol. The molecule has 2 N–H and O–H groups in total. The third-order valence-electron chi connectivity index (χ3n) is 2.16. The summed E-state index contributed by atoms with van der Waals surface area (Å²) in [6.07, 6.45) is 0.769. The van der Waals surface area contributed by atoms with E-state index in [9.17, 15) is 19.8 Å². The Hall–Kier alpha value is -1.58. The number of carbonyl (C=O) groups excluding carboxylic acids is 2. The summed E-state index contributed by atoms with van der Waals surface area (Å²) in [6, 6.07) is 3.66. The van der Waals surface area contributed by atoms with E-state index in [2.05, 4.69) is 36.8 Å². The fourth-order valence-electron chi connectivity index (χ4n) is 1.18. The van der Waals surface area contributed by atoms with Gasteiger partial charge in [0.25, 0.3) is 0 Å². The first-order chi connectivity index (χ1) is 10.6. The quantitative estimate of drug-likeness (QED) is 0.468. The van der Waals surface area contributed by atoms with Gasteiger partial charge in [0.2, 0.25) is 0 Å². The van der Waals surface area contributed by atoms with Gasteiger partial charge in [-0.3, -0.25) is 0 Å². The van der Waals surface area contributed by atoms with Gasteiger partial charge in [-0.1, -0.05) is 0 Å². The molecule has 0 aliphatic heterocycles. The normalized spacial score (nSPS) is 10.3. The van der Waals surface area contributed by atoms with E-state index in [0.29, 0.717) is 24.4 Å². The predicted molar refractivity (Wildman–Crippen MR) is 89.5 cm³/mol. The largest absolute Gasteiger partial charge is 0.545 e. The van der Waals surface area contributed by atoms with Gasteiger partial charge in [0.15, 0.2) is 0 Å². The first kappa shape index (κ1) is 21.4. The molecule has 0 atom stereocenters. The Kier molecular flexibility index (Phi) is 10.3. The van der Waals surface area contributed by atoms with E-state index in [4.69, 9.17) is 10.5 Å². The highest BCUT2D eigenvalue weighted by molar-refractivity contribution is 9.11. The van der Waals surface area contributed by atoms with Crippen molar-refractivity contribution in [3.63, 3.8) is 0 Å². The summed E-state index contributed by atoms with van der Waals surface area (Å²) in [6.45, 7) is 1.53. The van der Waals surface area contributed by atoms with Crippen LogP contribution in [0.1, 0.15) is 0 Å². The van der Waals surface area contributed by atoms with Crippen LogP contribution in [0, 0.1) is 0 Å². The number of ether oxygens (including phenoxy) is 1. The van der Waals surface area contributed by atoms with E-state index in [1.165, 1.54) is 0 Å². The molecule has 0 heterocycles. The third kappa shape index (κ3) is 10.7. The average Bonchev–Trinajstić information content (AvgIpc) is 2.40. The molecule has 128 valence electrons. The van der Waals surface area contributed by atoms with E-state index >= 15 is 0 Å². The van der Waals surface area contributed by atoms with Crippen molar-refractivity contribution in [3.05, 3.63) is 33.2 Å². The fourth-order valence-corrected chi connectivity index (χ4v) is 2.63. The van der Waals surface area contributed by atoms with Gasteiger partial charge in [0.1, 0.15) is 12.4 Å². The molecule has 0 saturated heterocycles. The Bertz CT molecular complexity index is 537. The molecule has 1 aromatic carbocycles. The SMILES string of the molecule is CN(C)CCOc1c(Br)cc(N)cc1Br.O=C([O-])/C=C\C(=O)[O-]. The number of nitrogen functional groups attached to an aromatic ring is 1. The van der Waals surface area contributed by atoms with Gasteiger partial charge in [-0.15, -0.1) is 0 Å². The van der Waals surface area contributed by atoms with Crippen LogP contribution in [0.2, 0.25) is 0 Å². The van der Waals surface area contributed by atoms with Crippen LogP contribution in [0.4, 0.5) is 5.69 Å². The van der Waals surface area contributed by atoms with E-state index in [-0.39, 0.29) is 0 Å². The van der Waals surface area contributed by atoms with Crippen LogP contribution in [0.15, 0.2) is 33.2 Å². The van der Waals surface area contributed by atoms with Crippen molar-refractivity contribution in [2.24, 2.45) is 0 Å². The lowest BCUT2D eigenvalue weighted by atomic mass is 10.3. The van der Waals surface area contributed by atoms with Crippen LogP contribution in [-0.2, 0) is 9.59 Å². The van der Waals surface area contributed by atoms with E-state index in [1.807, 2.05) is 26.2 Å². The molecular formula is C14H16Br2N2O5-2. The van der Waals surface area contributed by atoms with Crippen molar-refractivity contribution in [2.75, 3.05) is 33.0 Å². The Labute approximate surface area is 151 Å². The molecule has 7 nitrogen and oxygen atoms in total. The van der Waals surface area contributed by atoms with Gasteiger partial charge in [-0.25, -0.2) is 0 Å². The molecule has 23 heavy (non-hydrogen) atoms. The number of nitrogens with two attached hydrogens (primary N) is 1. The van der Waals surface area contributed by atoms with E-state index in [1.54, 1.807) is 0 Å². The van der Waals surface area contributed by atoms with Crippen molar-refractivity contribution in [1.82, 2.24) is 4.90 Å². The number of carboxylic acids is 2. The van der Waals surface area contributed by atoms with Crippen LogP contribution < -0.4 is 20.7 Å². The summed E-state index contributed by atoms with van der Waals surface area (Å²) in [7, 11) is 4.02. The Balaban J connectivity index is 0.000000515. The lowest BCUT2D eigenvalue weighted by molar-refractivity contribution is -0.301. The summed E-state index contributed by atoms with van der Waals surface area (Å²) >= 11 is 6.83. The number of nitrogens with zero attached hydrogens (tertiary/aromatic N) is 1. The zero-order chi connectivity index (χ0) is 18.0. The zero-order valence-electron chi connectivity index (χ0n) is 12.5. The van der Waals surface area contributed by atoms with Gasteiger partial charge in [-0.05, 0) is 70.2 Å². The van der Waals surface area contributed by atoms with E-state index in [0.717, 1.165) is 21.2 Å². The molecule has 0 aromatic heterocycles. The monoisotopic (exact) mass is 450 g/mol. The second-order valence-corrected chi connectivity index (χ2v) is 6.15. The highest BCUT2D eigenvalue weighted by Crippen LogP contribution is 2.35. The summed E-state index contributed by atoms with van der Waals surface area (Å²) in [4.78, 5) is 20.9. The summed E-state index contributed by atoms with van der Waals surface area (Å²) < 4.78 is 7.38. The standard InChI is InChI=1S/C10H14Br2N2O.C4H4O4/c1-14(2)3-4-15-10-8(11)5-7(13)6-9(10)12;5-3(6)1-2-4(7)8/h5-6H,3-4,13H2,1-2H3;1-2H,(H,5,6)(H,7,8)/p-2/b;2-1-. The highest BCUT2D eigenvalue weighted by atomic mass is 79.9. The Morgan fingerprint density at radius 2 is 1.61 bits per heavy atom. The number of hydrogen-bond donors (Lipinski definition) is 1. The number of benzene rings is 1. The lowest BCUT2D eigenvalue weighted by Crippen LogP contribution is -2.23. The Morgan fingerprint density at radius 1 is 1.17 bits per heavy atom. The number of carboxylic acid groups (broad SMARTS) is 2. The minimum absolute atomic E-state index is 0.384. The smallest absolute Gasteiger partial charge is 0.147 e. The third-order valence-corrected chi connectivity index (χ3v) is 3.34. The molecule has 1 aromatic rings. The van der Waals surface area contributed by atoms with Crippen LogP contribution in [-0.4, -0.2) is 44.1 Å². The molecule has 0 unspecified atom stereocenters. The number of carbonyl (C=O) groups is 2. The van der Waals surface area contributed by atoms with E-state index < -0.39 is 11.9 Å². The van der Waals surface area contributed by atoms with Gasteiger partial charge in [0, 0.05) is 12.2 Å². The highest BCUT2D eigenvalue weighted by Gasteiger charge is 2.07. The van der Waals surface area contributed by atoms with Gasteiger partial charge in [-0.2, -0.15) is 0 Å². The van der Waals surface area contributed by atoms with Crippen LogP contribution in [0.25, 0.3) is 0 Å². The lowest BCUT2D eigenvalue weighted by Gasteiger charge is -2.13. The van der Waals surface area contributed by atoms with Crippen LogP contribution in [0.3, 0.4) is 0 Å². The van der Waals surface area contributed by atoms with Gasteiger partial charge >= 0.3 is 0 Å². The number of likely N-dealkylation sites (N-methyl/N-ethyl adjacent to an activating group) is 1. The molecule has 0 aliphatic carbocycles. The summed E-state index contributed by atoms with van der Waals surface area (Å²) in [5.74, 6) is -2.30. The molecule has 0 saturated carbocycles. The van der Waals surface area contributed by atoms with Crippen LogP contribution >= 0.6 is 31.9 Å². The molecule has 0 aliphatic rings. The van der Waals surface area contributed by atoms with Crippen molar-refractivity contribution >= 4 is 49.5 Å². The van der Waals surface area contributed by atoms with Crippen molar-refractivity contribution in [3.8, 4) is 5.75 Å². The molecule has 0 radical (unpaired) electrons. The number of aliphatic carboxylic acids is 2. The minimum Gasteiger partial charge on any atom is -0.545 e. The number of hydrogen-bond acceptors (Lipinski definition) is 7. The maximum atomic E-state index is 9.41. The molecule has 0 spiro atoms. The minimum atomic E-state index is -1.55. The van der Waals surface area contributed by atoms with Crippen LogP contribution in [0.5, 0.6) is 5.75 Å². The van der Waals surface area contributed by atoms with Crippen molar-refractivity contribution < 1.29 is 24.5 Å². The van der Waals surface area contributed by atoms with Crippen molar-refractivity contribution in [2.45, 2.75) is 0 Å². The molecular weight excluding hydrogens is 436 g/mol. The predicted octanol–water partition coefficient (Wildman–Crippen LogP) is -0.223. The molecule has 0 bridgehead atoms. The number of rotatable bonds is 6. The summed E-state index contributed by atoms with van der Waals surface area (Å²) in [5, 5.41) is 18.8. The first-order valence-electron chi connectivity index (χ1n) is 6.25. The second kappa shape index (κ2) is 11.0. The maximum absolute atomic E-state index is 9.41. The van der Waals surface area contributed by atoms with Gasteiger partial charge in [0.05, 0.1) is 20.9 Å². The molecule has 0 fully saturated rings. The molecule has 1 rings (SSSR count). The number of anilines is 1. The van der Waals surface area contributed by atoms with Crippen molar-refractivity contribution in [1.29, 1.82) is 0 Å². The molecule has 9 heteroatoms. The Morgan fingerprint density at radius 3 is 1.96 bits per heavy atom. The molecule has 0 amide bonds.